The standard InChI is InChI=1S/C13H20.2C9H12.2C2H6.2C2H4/c1-7-11(5)13(8-2)9-12(6)10(3)4;1-7-4-5-8(2)9(3)6-7;1-3-9-6-4-8(2)5-7-9;4*1-2/h7-9H,3H2,1-2,4-6H3;4-6H,1-3H3;4-7H,3H2,1-2H3;2*1-2H3;2*1-2H2/b11-7-,12-9+,13-8-;;;;;;. The molecule has 0 N–H and O–H groups in total. The van der Waals surface area contributed by atoms with E-state index in [1.807, 2.05) is 34.6 Å². The van der Waals surface area contributed by atoms with E-state index in [0.717, 1.165) is 12.0 Å². The maximum absolute atomic E-state index is 3.91. The zero-order valence-corrected chi connectivity index (χ0v) is 28.5. The van der Waals surface area contributed by atoms with Gasteiger partial charge in [-0.2, -0.15) is 0 Å². The molecule has 0 heteroatoms. The Morgan fingerprint density at radius 3 is 1.38 bits per heavy atom. The van der Waals surface area contributed by atoms with Crippen molar-refractivity contribution in [2.45, 2.75) is 103 Å². The summed E-state index contributed by atoms with van der Waals surface area (Å²) in [5.74, 6) is 0. The summed E-state index contributed by atoms with van der Waals surface area (Å²) in [5.41, 5.74) is 11.8. The Morgan fingerprint density at radius 2 is 1.08 bits per heavy atom. The third kappa shape index (κ3) is 26.3. The van der Waals surface area contributed by atoms with Gasteiger partial charge in [0.1, 0.15) is 0 Å². The molecular weight excluding hydrogens is 468 g/mol. The van der Waals surface area contributed by atoms with Gasteiger partial charge in [-0.3, -0.25) is 0 Å². The molecule has 0 aliphatic rings. The van der Waals surface area contributed by atoms with Crippen LogP contribution in [-0.2, 0) is 6.42 Å². The number of benzene rings is 2. The molecule has 0 amide bonds. The van der Waals surface area contributed by atoms with Crippen molar-refractivity contribution in [3.05, 3.63) is 144 Å². The molecule has 0 saturated carbocycles. The van der Waals surface area contributed by atoms with Gasteiger partial charge in [0.2, 0.25) is 0 Å². The monoisotopic (exact) mass is 533 g/mol. The van der Waals surface area contributed by atoms with E-state index in [9.17, 15) is 0 Å². The Kier molecular flexibility index (Phi) is 38.6. The molecule has 220 valence electrons. The highest BCUT2D eigenvalue weighted by atomic mass is 14.0. The largest absolute Gasteiger partial charge is 0.106 e. The normalized spacial score (nSPS) is 9.85. The summed E-state index contributed by atoms with van der Waals surface area (Å²) >= 11 is 0. The molecule has 0 aromatic heterocycles. The Balaban J connectivity index is -0.000000133. The van der Waals surface area contributed by atoms with Gasteiger partial charge < -0.3 is 0 Å². The number of hydrogen-bond acceptors (Lipinski definition) is 0. The Hall–Kier alpha value is -3.12. The number of rotatable bonds is 4. The van der Waals surface area contributed by atoms with Crippen molar-refractivity contribution >= 4 is 0 Å². The molecule has 2 aromatic rings. The van der Waals surface area contributed by atoms with E-state index in [1.165, 1.54) is 44.5 Å². The van der Waals surface area contributed by atoms with Crippen LogP contribution in [-0.4, -0.2) is 0 Å². The fraction of sp³-hybridized carbons (Fsp3) is 0.385. The zero-order valence-electron chi connectivity index (χ0n) is 28.5. The average molecular weight is 533 g/mol. The van der Waals surface area contributed by atoms with E-state index in [4.69, 9.17) is 0 Å². The molecule has 0 aliphatic heterocycles. The number of allylic oxidation sites excluding steroid dienone is 7. The van der Waals surface area contributed by atoms with Crippen molar-refractivity contribution in [3.63, 3.8) is 0 Å². The zero-order chi connectivity index (χ0) is 32.0. The smallest absolute Gasteiger partial charge is 0.0271 e. The summed E-state index contributed by atoms with van der Waals surface area (Å²) in [5, 5.41) is 0. The van der Waals surface area contributed by atoms with Crippen molar-refractivity contribution in [2.75, 3.05) is 0 Å². The maximum Gasteiger partial charge on any atom is -0.0271 e. The molecule has 0 saturated heterocycles. The van der Waals surface area contributed by atoms with Gasteiger partial charge in [0.05, 0.1) is 0 Å². The van der Waals surface area contributed by atoms with Gasteiger partial charge in [-0.15, -0.1) is 26.3 Å². The molecule has 0 aliphatic carbocycles. The molecule has 0 heterocycles. The minimum atomic E-state index is 1.13. The van der Waals surface area contributed by atoms with Crippen LogP contribution in [0.15, 0.2) is 116 Å². The van der Waals surface area contributed by atoms with Gasteiger partial charge >= 0.3 is 0 Å². The molecule has 0 bridgehead atoms. The van der Waals surface area contributed by atoms with E-state index in [-0.39, 0.29) is 0 Å². The summed E-state index contributed by atoms with van der Waals surface area (Å²) in [6.45, 7) is 45.0. The second-order valence-corrected chi connectivity index (χ2v) is 8.25. The minimum absolute atomic E-state index is 1.13. The molecule has 0 fully saturated rings. The van der Waals surface area contributed by atoms with E-state index in [1.54, 1.807) is 0 Å². The topological polar surface area (TPSA) is 0 Å². The van der Waals surface area contributed by atoms with Crippen molar-refractivity contribution in [1.29, 1.82) is 0 Å². The van der Waals surface area contributed by atoms with Crippen molar-refractivity contribution in [3.8, 4) is 0 Å². The first-order valence-electron chi connectivity index (χ1n) is 14.3. The number of hydrogen-bond donors (Lipinski definition) is 0. The van der Waals surface area contributed by atoms with Gasteiger partial charge in [0.25, 0.3) is 0 Å². The van der Waals surface area contributed by atoms with Crippen LogP contribution in [0.4, 0.5) is 0 Å². The van der Waals surface area contributed by atoms with Gasteiger partial charge in [-0.25, -0.2) is 0 Å². The molecule has 39 heavy (non-hydrogen) atoms. The van der Waals surface area contributed by atoms with Crippen LogP contribution >= 0.6 is 0 Å². The van der Waals surface area contributed by atoms with Crippen LogP contribution in [0.2, 0.25) is 0 Å². The lowest BCUT2D eigenvalue weighted by Gasteiger charge is -2.04. The predicted octanol–water partition coefficient (Wildman–Crippen LogP) is 13.2. The average Bonchev–Trinajstić information content (AvgIpc) is 2.98. The quantitative estimate of drug-likeness (QED) is 0.271. The third-order valence-electron chi connectivity index (χ3n) is 5.44. The fourth-order valence-electron chi connectivity index (χ4n) is 2.66. The first-order chi connectivity index (χ1) is 18.5. The first-order valence-corrected chi connectivity index (χ1v) is 14.3. The lowest BCUT2D eigenvalue weighted by atomic mass is 10.0. The summed E-state index contributed by atoms with van der Waals surface area (Å²) < 4.78 is 0. The van der Waals surface area contributed by atoms with Crippen LogP contribution in [0.5, 0.6) is 0 Å². The van der Waals surface area contributed by atoms with Crippen molar-refractivity contribution < 1.29 is 0 Å². The second-order valence-electron chi connectivity index (χ2n) is 8.25. The summed E-state index contributed by atoms with van der Waals surface area (Å²) in [6.07, 6.45) is 7.57. The van der Waals surface area contributed by atoms with E-state index in [2.05, 4.69) is 156 Å². The molecule has 0 nitrogen and oxygen atoms in total. The number of aryl methyl sites for hydroxylation is 5. The van der Waals surface area contributed by atoms with Crippen LogP contribution in [0.25, 0.3) is 0 Å². The van der Waals surface area contributed by atoms with Crippen LogP contribution in [0, 0.1) is 27.7 Å². The Labute approximate surface area is 246 Å². The molecule has 0 spiro atoms. The van der Waals surface area contributed by atoms with Crippen LogP contribution < -0.4 is 0 Å². The first kappa shape index (κ1) is 45.8. The summed E-state index contributed by atoms with van der Waals surface area (Å²) in [6, 6.07) is 15.2. The lowest BCUT2D eigenvalue weighted by molar-refractivity contribution is 1.14. The van der Waals surface area contributed by atoms with Gasteiger partial charge in [-0.05, 0) is 102 Å². The van der Waals surface area contributed by atoms with Crippen molar-refractivity contribution in [1.82, 2.24) is 0 Å². The minimum Gasteiger partial charge on any atom is -0.106 e. The van der Waals surface area contributed by atoms with E-state index >= 15 is 0 Å². The highest BCUT2D eigenvalue weighted by Crippen LogP contribution is 2.16. The SMILES string of the molecule is C=C.C=C.C=C(C)/C(C)=C/C(=C/C)C(/C)=C\C.CC.CC.CCc1ccc(C)cc1.Cc1ccc(C)c(C)c1. The van der Waals surface area contributed by atoms with Gasteiger partial charge in [0.15, 0.2) is 0 Å². The fourth-order valence-corrected chi connectivity index (χ4v) is 2.66. The van der Waals surface area contributed by atoms with E-state index in [0.29, 0.717) is 0 Å². The molecule has 2 aromatic carbocycles. The van der Waals surface area contributed by atoms with Crippen LogP contribution in [0.1, 0.15) is 97.1 Å². The van der Waals surface area contributed by atoms with E-state index < -0.39 is 0 Å². The highest BCUT2D eigenvalue weighted by Gasteiger charge is 1.96. The second kappa shape index (κ2) is 32.9. The van der Waals surface area contributed by atoms with Crippen molar-refractivity contribution in [2.24, 2.45) is 0 Å². The van der Waals surface area contributed by atoms with Gasteiger partial charge in [0, 0.05) is 0 Å². The molecule has 0 atom stereocenters. The van der Waals surface area contributed by atoms with Gasteiger partial charge in [-0.1, -0.05) is 119 Å². The maximum atomic E-state index is 3.91. The molecule has 0 radical (unpaired) electrons. The summed E-state index contributed by atoms with van der Waals surface area (Å²) in [4.78, 5) is 0. The third-order valence-corrected chi connectivity index (χ3v) is 5.44. The predicted molar refractivity (Wildman–Crippen MR) is 188 cm³/mol. The van der Waals surface area contributed by atoms with Crippen LogP contribution in [0.3, 0.4) is 0 Å². The Bertz CT molecular complexity index is 929. The molecular formula is C39H64. The highest BCUT2D eigenvalue weighted by molar-refractivity contribution is 5.43. The molecule has 2 rings (SSSR count). The summed E-state index contributed by atoms with van der Waals surface area (Å²) in [7, 11) is 0. The lowest BCUT2D eigenvalue weighted by Crippen LogP contribution is -1.84. The molecule has 0 unspecified atom stereocenters. The Morgan fingerprint density at radius 1 is 0.641 bits per heavy atom.